The molecule has 20 heavy (non-hydrogen) atoms. The van der Waals surface area contributed by atoms with E-state index in [4.69, 9.17) is 4.98 Å². The molecule has 2 rings (SSSR count). The minimum absolute atomic E-state index is 0.723. The van der Waals surface area contributed by atoms with Crippen LogP contribution < -0.4 is 10.2 Å². The van der Waals surface area contributed by atoms with Crippen molar-refractivity contribution < 1.29 is 0 Å². The van der Waals surface area contributed by atoms with Gasteiger partial charge < -0.3 is 15.1 Å². The van der Waals surface area contributed by atoms with E-state index in [0.717, 1.165) is 43.7 Å². The first-order chi connectivity index (χ1) is 9.61. The minimum Gasteiger partial charge on any atom is -0.356 e. The number of pyridine rings is 1. The second kappa shape index (κ2) is 7.04. The van der Waals surface area contributed by atoms with Crippen LogP contribution in [-0.4, -0.2) is 49.7 Å². The van der Waals surface area contributed by atoms with Gasteiger partial charge in [-0.2, -0.15) is 0 Å². The number of rotatable bonds is 5. The molecule has 1 N–H and O–H groups in total. The van der Waals surface area contributed by atoms with Crippen LogP contribution in [0.1, 0.15) is 31.0 Å². The lowest BCUT2D eigenvalue weighted by molar-refractivity contribution is 0.249. The Hall–Kier alpha value is -1.13. The average Bonchev–Trinajstić information content (AvgIpc) is 2.46. The highest BCUT2D eigenvalue weighted by Gasteiger charge is 2.21. The molecule has 0 saturated carbocycles. The van der Waals surface area contributed by atoms with Gasteiger partial charge in [0.15, 0.2) is 0 Å². The number of hydrogen-bond acceptors (Lipinski definition) is 4. The molecule has 1 aliphatic heterocycles. The Morgan fingerprint density at radius 2 is 2.00 bits per heavy atom. The quantitative estimate of drug-likeness (QED) is 0.891. The van der Waals surface area contributed by atoms with Crippen molar-refractivity contribution in [3.05, 3.63) is 23.4 Å². The third-order valence-corrected chi connectivity index (χ3v) is 4.26. The fraction of sp³-hybridized carbons (Fsp3) is 0.688. The molecule has 1 aliphatic rings. The second-order valence-corrected chi connectivity index (χ2v) is 5.88. The predicted molar refractivity (Wildman–Crippen MR) is 85.3 cm³/mol. The second-order valence-electron chi connectivity index (χ2n) is 5.88. The average molecular weight is 276 g/mol. The number of anilines is 1. The van der Waals surface area contributed by atoms with Gasteiger partial charge >= 0.3 is 0 Å². The molecule has 1 aromatic heterocycles. The maximum absolute atomic E-state index is 4.79. The van der Waals surface area contributed by atoms with Gasteiger partial charge in [0.1, 0.15) is 5.82 Å². The molecular formula is C16H28N4. The lowest BCUT2D eigenvalue weighted by Gasteiger charge is -2.36. The molecule has 0 amide bonds. The Balaban J connectivity index is 1.98. The molecule has 1 fully saturated rings. The summed E-state index contributed by atoms with van der Waals surface area (Å²) in [5.41, 5.74) is 2.46. The van der Waals surface area contributed by atoms with Crippen molar-refractivity contribution in [3.8, 4) is 0 Å². The third kappa shape index (κ3) is 3.70. The Bertz CT molecular complexity index is 422. The van der Waals surface area contributed by atoms with Crippen molar-refractivity contribution in [1.29, 1.82) is 0 Å². The highest BCUT2D eigenvalue weighted by atomic mass is 15.2. The molecule has 0 radical (unpaired) electrons. The van der Waals surface area contributed by atoms with Gasteiger partial charge in [-0.1, -0.05) is 13.0 Å². The zero-order valence-electron chi connectivity index (χ0n) is 13.3. The summed E-state index contributed by atoms with van der Waals surface area (Å²) in [4.78, 5) is 9.56. The lowest BCUT2D eigenvalue weighted by atomic mass is 10.0. The Kier molecular flexibility index (Phi) is 5.38. The largest absolute Gasteiger partial charge is 0.356 e. The first-order valence-electron chi connectivity index (χ1n) is 7.70. The zero-order valence-corrected chi connectivity index (χ0v) is 13.3. The highest BCUT2D eigenvalue weighted by Crippen LogP contribution is 2.21. The lowest BCUT2D eigenvalue weighted by Crippen LogP contribution is -2.42. The molecule has 0 bridgehead atoms. The third-order valence-electron chi connectivity index (χ3n) is 4.26. The van der Waals surface area contributed by atoms with E-state index in [1.54, 1.807) is 0 Å². The molecule has 0 unspecified atom stereocenters. The maximum Gasteiger partial charge on any atom is 0.128 e. The van der Waals surface area contributed by atoms with Crippen molar-refractivity contribution in [3.63, 3.8) is 0 Å². The van der Waals surface area contributed by atoms with E-state index in [2.05, 4.69) is 55.2 Å². The van der Waals surface area contributed by atoms with E-state index in [9.17, 15) is 0 Å². The van der Waals surface area contributed by atoms with Gasteiger partial charge in [0.25, 0.3) is 0 Å². The number of hydrogen-bond donors (Lipinski definition) is 1. The van der Waals surface area contributed by atoms with Gasteiger partial charge in [-0.05, 0) is 52.0 Å². The summed E-state index contributed by atoms with van der Waals surface area (Å²) in [5, 5.41) is 3.36. The van der Waals surface area contributed by atoms with Gasteiger partial charge in [-0.25, -0.2) is 4.98 Å². The van der Waals surface area contributed by atoms with Crippen LogP contribution in [0.5, 0.6) is 0 Å². The molecule has 4 heteroatoms. The normalized spacial score (nSPS) is 16.9. The number of nitrogens with one attached hydrogen (secondary N) is 1. The van der Waals surface area contributed by atoms with Gasteiger partial charge in [-0.15, -0.1) is 0 Å². The fourth-order valence-corrected chi connectivity index (χ4v) is 2.81. The molecule has 1 aromatic rings. The van der Waals surface area contributed by atoms with E-state index in [1.807, 2.05) is 0 Å². The van der Waals surface area contributed by atoms with E-state index in [0.29, 0.717) is 0 Å². The van der Waals surface area contributed by atoms with Crippen LogP contribution in [-0.2, 0) is 6.54 Å². The number of aromatic nitrogens is 1. The summed E-state index contributed by atoms with van der Waals surface area (Å²) in [6, 6.07) is 5.12. The van der Waals surface area contributed by atoms with Crippen molar-refractivity contribution in [2.75, 3.05) is 38.6 Å². The summed E-state index contributed by atoms with van der Waals surface area (Å²) < 4.78 is 0. The summed E-state index contributed by atoms with van der Waals surface area (Å²) >= 11 is 0. The molecule has 2 heterocycles. The van der Waals surface area contributed by atoms with Crippen LogP contribution in [0.3, 0.4) is 0 Å². The SMILES string of the molecule is CCNCc1ccc(N2CCC(N(C)C)CC2)nc1C. The van der Waals surface area contributed by atoms with Crippen LogP contribution in [0, 0.1) is 6.92 Å². The summed E-state index contributed by atoms with van der Waals surface area (Å²) in [7, 11) is 4.36. The standard InChI is InChI=1S/C16H28N4/c1-5-17-12-14-6-7-16(18-13(14)2)20-10-8-15(9-11-20)19(3)4/h6-7,15,17H,5,8-12H2,1-4H3. The minimum atomic E-state index is 0.723. The summed E-state index contributed by atoms with van der Waals surface area (Å²) in [5.74, 6) is 1.14. The van der Waals surface area contributed by atoms with Crippen molar-refractivity contribution >= 4 is 5.82 Å². The van der Waals surface area contributed by atoms with Gasteiger partial charge in [0.05, 0.1) is 0 Å². The van der Waals surface area contributed by atoms with E-state index >= 15 is 0 Å². The van der Waals surface area contributed by atoms with Gasteiger partial charge in [-0.3, -0.25) is 0 Å². The van der Waals surface area contributed by atoms with Crippen molar-refractivity contribution in [2.45, 2.75) is 39.3 Å². The van der Waals surface area contributed by atoms with Gasteiger partial charge in [0.2, 0.25) is 0 Å². The van der Waals surface area contributed by atoms with E-state index < -0.39 is 0 Å². The van der Waals surface area contributed by atoms with Crippen molar-refractivity contribution in [1.82, 2.24) is 15.2 Å². The van der Waals surface area contributed by atoms with Crippen LogP contribution >= 0.6 is 0 Å². The van der Waals surface area contributed by atoms with E-state index in [-0.39, 0.29) is 0 Å². The molecular weight excluding hydrogens is 248 g/mol. The van der Waals surface area contributed by atoms with Gasteiger partial charge in [0, 0.05) is 31.4 Å². The topological polar surface area (TPSA) is 31.4 Å². The molecule has 0 aliphatic carbocycles. The number of aryl methyl sites for hydroxylation is 1. The molecule has 0 spiro atoms. The molecule has 112 valence electrons. The molecule has 4 nitrogen and oxygen atoms in total. The molecule has 0 atom stereocenters. The monoisotopic (exact) mass is 276 g/mol. The Morgan fingerprint density at radius 3 is 2.55 bits per heavy atom. The first kappa shape index (κ1) is 15.3. The van der Waals surface area contributed by atoms with Crippen LogP contribution in [0.2, 0.25) is 0 Å². The van der Waals surface area contributed by atoms with Crippen molar-refractivity contribution in [2.24, 2.45) is 0 Å². The first-order valence-corrected chi connectivity index (χ1v) is 7.70. The Morgan fingerprint density at radius 1 is 1.30 bits per heavy atom. The molecule has 0 aromatic carbocycles. The Labute approximate surface area is 123 Å². The molecule has 1 saturated heterocycles. The highest BCUT2D eigenvalue weighted by molar-refractivity contribution is 5.42. The van der Waals surface area contributed by atoms with Crippen LogP contribution in [0.15, 0.2) is 12.1 Å². The predicted octanol–water partition coefficient (Wildman–Crippen LogP) is 2.03. The number of nitrogens with zero attached hydrogens (tertiary/aromatic N) is 3. The van der Waals surface area contributed by atoms with Crippen LogP contribution in [0.25, 0.3) is 0 Å². The summed E-state index contributed by atoms with van der Waals surface area (Å²) in [6.07, 6.45) is 2.46. The fourth-order valence-electron chi connectivity index (χ4n) is 2.81. The maximum atomic E-state index is 4.79. The van der Waals surface area contributed by atoms with E-state index in [1.165, 1.54) is 18.4 Å². The van der Waals surface area contributed by atoms with Crippen LogP contribution in [0.4, 0.5) is 5.82 Å². The zero-order chi connectivity index (χ0) is 14.5. The number of piperidine rings is 1. The summed E-state index contributed by atoms with van der Waals surface area (Å²) in [6.45, 7) is 8.38. The smallest absolute Gasteiger partial charge is 0.128 e.